The van der Waals surface area contributed by atoms with Crippen LogP contribution in [-0.4, -0.2) is 55.1 Å². The van der Waals surface area contributed by atoms with E-state index in [1.54, 1.807) is 41.5 Å². The van der Waals surface area contributed by atoms with Crippen LogP contribution in [-0.2, 0) is 42.0 Å². The molecule has 0 fully saturated rings. The molecular weight excluding hydrogens is 450 g/mol. The third-order valence-electron chi connectivity index (χ3n) is 0.548. The summed E-state index contributed by atoms with van der Waals surface area (Å²) in [4.78, 5) is 15.9. The van der Waals surface area contributed by atoms with E-state index >= 15 is 0 Å². The second kappa shape index (κ2) is 30.9. The van der Waals surface area contributed by atoms with Crippen molar-refractivity contribution in [3.05, 3.63) is 0 Å². The van der Waals surface area contributed by atoms with Crippen LogP contribution in [0.1, 0.15) is 41.5 Å². The van der Waals surface area contributed by atoms with Crippen LogP contribution in [0.15, 0.2) is 0 Å². The largest absolute Gasteiger partial charge is 2.00 e. The third kappa shape index (κ3) is 229. The quantitative estimate of drug-likeness (QED) is 0.0850. The van der Waals surface area contributed by atoms with Gasteiger partial charge in [-0.15, -0.1) is 0 Å². The molecule has 0 bridgehead atoms. The molecule has 0 unspecified atom stereocenters. The minimum absolute atomic E-state index is 0. The van der Waals surface area contributed by atoms with E-state index in [0.717, 1.165) is 0 Å². The average Bonchev–Trinajstić information content (AvgIpc) is 2.29. The molecule has 0 aromatic heterocycles. The van der Waals surface area contributed by atoms with Crippen LogP contribution in [0.4, 0.5) is 0 Å². The Labute approximate surface area is 208 Å². The van der Waals surface area contributed by atoms with Crippen LogP contribution in [0.2, 0.25) is 0 Å². The first-order valence-corrected chi connectivity index (χ1v) is 7.06. The van der Waals surface area contributed by atoms with Gasteiger partial charge in [0.25, 0.3) is 0 Å². The van der Waals surface area contributed by atoms with E-state index < -0.39 is 33.9 Å². The molecule has 16 heteroatoms. The fraction of sp³-hybridized carbons (Fsp3) is 0.889. The molecule has 0 aromatic rings. The standard InChI is InChI=1S/2C4H10O2.CH2O.Fe.2Na.H2O4S.H2O2S/c2*1-4(2,3)6-5;1-2;;;;1-5(2,3)4;1-3-2/h2*5H,1-3H3;1H2;;;;(H2,1,2,3,4);1-2H/q;;;+2;2*+1;;/p-4. The molecule has 2 N–H and O–H groups in total. The predicted octanol–water partition coefficient (Wildman–Crippen LogP) is -4.99. The maximum atomic E-state index is 8.52. The second-order valence-electron chi connectivity index (χ2n) is 4.88. The molecule has 11 nitrogen and oxygen atoms in total. The van der Waals surface area contributed by atoms with Crippen molar-refractivity contribution in [1.82, 2.24) is 0 Å². The fourth-order valence-electron chi connectivity index (χ4n) is 0. The van der Waals surface area contributed by atoms with Gasteiger partial charge in [0.2, 0.25) is 0 Å². The minimum atomic E-state index is -5.17. The first-order chi connectivity index (χ1) is 9.54. The van der Waals surface area contributed by atoms with Crippen LogP contribution >= 0.6 is 12.3 Å². The van der Waals surface area contributed by atoms with Crippen molar-refractivity contribution >= 4 is 29.5 Å². The van der Waals surface area contributed by atoms with Crippen molar-refractivity contribution in [2.75, 3.05) is 0 Å². The maximum Gasteiger partial charge on any atom is 2.00 e. The molecule has 0 saturated heterocycles. The molecule has 0 saturated carbocycles. The van der Waals surface area contributed by atoms with E-state index in [0.29, 0.717) is 0 Å². The van der Waals surface area contributed by atoms with E-state index in [-0.39, 0.29) is 76.2 Å². The van der Waals surface area contributed by atoms with Crippen LogP contribution in [0.5, 0.6) is 0 Å². The van der Waals surface area contributed by atoms with Gasteiger partial charge in [-0.3, -0.25) is 18.9 Å². The summed E-state index contributed by atoms with van der Waals surface area (Å²) in [7, 11) is -5.17. The molecule has 0 amide bonds. The Balaban J connectivity index is -0.0000000244. The van der Waals surface area contributed by atoms with Crippen LogP contribution in [0, 0.1) is 0 Å². The molecule has 0 heterocycles. The number of hydrogen-bond acceptors (Lipinski definition) is 12. The van der Waals surface area contributed by atoms with Gasteiger partial charge in [-0.2, -0.15) is 0 Å². The molecular formula is C9H22FeNa2O11S2. The topological polar surface area (TPSA) is 202 Å². The number of rotatable bonds is 0. The first kappa shape index (κ1) is 50.6. The molecule has 0 aromatic carbocycles. The Hall–Kier alpha value is 2.17. The molecule has 0 aliphatic heterocycles. The minimum Gasteiger partial charge on any atom is -0.811 e. The van der Waals surface area contributed by atoms with E-state index in [1.165, 1.54) is 0 Å². The smallest absolute Gasteiger partial charge is 0.811 e. The van der Waals surface area contributed by atoms with Gasteiger partial charge in [-0.1, -0.05) is 0 Å². The Morgan fingerprint density at radius 3 is 0.880 bits per heavy atom. The summed E-state index contributed by atoms with van der Waals surface area (Å²) in [5.74, 6) is 0. The average molecular weight is 472 g/mol. The Kier molecular flexibility index (Phi) is 62.5. The van der Waals surface area contributed by atoms with Gasteiger partial charge < -0.3 is 35.3 Å². The van der Waals surface area contributed by atoms with Gasteiger partial charge in [0.05, 0.1) is 11.2 Å². The van der Waals surface area contributed by atoms with Gasteiger partial charge in [0, 0.05) is 10.4 Å². The molecule has 0 rings (SSSR count). The summed E-state index contributed by atoms with van der Waals surface area (Å²) in [6, 6.07) is 0. The zero-order valence-electron chi connectivity index (χ0n) is 15.4. The molecule has 25 heavy (non-hydrogen) atoms. The second-order valence-corrected chi connectivity index (χ2v) is 5.84. The molecule has 0 spiro atoms. The van der Waals surface area contributed by atoms with E-state index in [1.807, 2.05) is 6.79 Å². The Morgan fingerprint density at radius 2 is 0.880 bits per heavy atom. The Bertz CT molecular complexity index is 286. The summed E-state index contributed by atoms with van der Waals surface area (Å²) < 4.78 is 50.7. The van der Waals surface area contributed by atoms with Gasteiger partial charge in [-0.05, 0) is 41.5 Å². The van der Waals surface area contributed by atoms with Gasteiger partial charge >= 0.3 is 76.2 Å². The van der Waals surface area contributed by atoms with Gasteiger partial charge in [0.15, 0.2) is 0 Å². The zero-order chi connectivity index (χ0) is 19.6. The van der Waals surface area contributed by atoms with Crippen molar-refractivity contribution < 1.29 is 128 Å². The Morgan fingerprint density at radius 1 is 0.840 bits per heavy atom. The molecule has 0 aliphatic rings. The van der Waals surface area contributed by atoms with Crippen molar-refractivity contribution in [3.8, 4) is 0 Å². The summed E-state index contributed by atoms with van der Waals surface area (Å²) in [5, 5.41) is 15.8. The first-order valence-electron chi connectivity index (χ1n) is 5.06. The monoisotopic (exact) mass is 472 g/mol. The van der Waals surface area contributed by atoms with E-state index in [4.69, 9.17) is 41.9 Å². The van der Waals surface area contributed by atoms with E-state index in [9.17, 15) is 0 Å². The number of carbonyl (C=O) groups excluding carboxylic acids is 1. The third-order valence-corrected chi connectivity index (χ3v) is 0.548. The molecule has 146 valence electrons. The molecule has 0 radical (unpaired) electrons. The fourth-order valence-corrected chi connectivity index (χ4v) is 0. The van der Waals surface area contributed by atoms with Crippen molar-refractivity contribution in [3.63, 3.8) is 0 Å². The van der Waals surface area contributed by atoms with Gasteiger partial charge in [0.1, 0.15) is 6.79 Å². The van der Waals surface area contributed by atoms with Crippen molar-refractivity contribution in [2.45, 2.75) is 52.7 Å². The van der Waals surface area contributed by atoms with Crippen LogP contribution in [0.3, 0.4) is 0 Å². The number of carbonyl (C=O) groups is 1. The number of hydrogen-bond donors (Lipinski definition) is 2. The molecule has 0 atom stereocenters. The maximum absolute atomic E-state index is 8.52. The predicted molar refractivity (Wildman–Crippen MR) is 73.7 cm³/mol. The summed E-state index contributed by atoms with van der Waals surface area (Å²) >= 11 is -0.750. The van der Waals surface area contributed by atoms with Crippen molar-refractivity contribution in [2.24, 2.45) is 0 Å². The van der Waals surface area contributed by atoms with Crippen LogP contribution < -0.4 is 59.1 Å². The summed E-state index contributed by atoms with van der Waals surface area (Å²) in [6.07, 6.45) is 0. The SMILES string of the molecule is C=O.CC(C)(C)OO.CC(C)(C)OO.O=S(=O)([O-])[O-].[Fe+2].[Na+].[Na+].[O-]S[O-]. The van der Waals surface area contributed by atoms with Crippen molar-refractivity contribution in [1.29, 1.82) is 0 Å². The van der Waals surface area contributed by atoms with E-state index in [2.05, 4.69) is 9.78 Å². The van der Waals surface area contributed by atoms with Gasteiger partial charge in [-0.25, -0.2) is 9.78 Å². The van der Waals surface area contributed by atoms with Crippen LogP contribution in [0.25, 0.3) is 0 Å². The zero-order valence-corrected chi connectivity index (χ0v) is 22.2. The summed E-state index contributed by atoms with van der Waals surface area (Å²) in [5.41, 5.74) is -0.806. The molecule has 0 aliphatic carbocycles. The summed E-state index contributed by atoms with van der Waals surface area (Å²) in [6.45, 7) is 12.6. The normalized spacial score (nSPS) is 8.96.